The number of hydrogen-bond donors (Lipinski definition) is 0. The molecule has 0 saturated carbocycles. The lowest BCUT2D eigenvalue weighted by Gasteiger charge is -2.14. The highest BCUT2D eigenvalue weighted by Gasteiger charge is 2.15. The molecule has 0 aliphatic rings. The number of ether oxygens (including phenoxy) is 2. The second-order valence-electron chi connectivity index (χ2n) is 5.82. The van der Waals surface area contributed by atoms with Crippen molar-refractivity contribution in [3.63, 3.8) is 0 Å². The predicted octanol–water partition coefficient (Wildman–Crippen LogP) is 4.06. The zero-order valence-electron chi connectivity index (χ0n) is 15.1. The summed E-state index contributed by atoms with van der Waals surface area (Å²) < 4.78 is 24.0. The molecule has 1 amide bonds. The number of hydrogen-bond acceptors (Lipinski definition) is 4. The number of methoxy groups -OCH3 is 1. The third-order valence-corrected chi connectivity index (χ3v) is 3.90. The van der Waals surface area contributed by atoms with E-state index in [4.69, 9.17) is 21.1 Å². The molecule has 0 aliphatic carbocycles. The Morgan fingerprint density at radius 3 is 2.52 bits per heavy atom. The van der Waals surface area contributed by atoms with Crippen molar-refractivity contribution in [1.29, 1.82) is 5.26 Å². The van der Waals surface area contributed by atoms with Gasteiger partial charge in [0.05, 0.1) is 12.1 Å². The summed E-state index contributed by atoms with van der Waals surface area (Å²) in [5.74, 6) is -0.0705. The molecule has 0 aromatic heterocycles. The highest BCUT2D eigenvalue weighted by molar-refractivity contribution is 6.32. The van der Waals surface area contributed by atoms with Crippen LogP contribution in [-0.4, -0.2) is 32.0 Å². The molecule has 0 spiro atoms. The van der Waals surface area contributed by atoms with Gasteiger partial charge in [-0.05, 0) is 41.5 Å². The van der Waals surface area contributed by atoms with Gasteiger partial charge in [0.25, 0.3) is 5.91 Å². The number of nitrogens with zero attached hydrogens (tertiary/aromatic N) is 2. The number of rotatable bonds is 6. The van der Waals surface area contributed by atoms with Crippen LogP contribution >= 0.6 is 11.6 Å². The monoisotopic (exact) mass is 388 g/mol. The maximum absolute atomic E-state index is 13.0. The van der Waals surface area contributed by atoms with Gasteiger partial charge in [0.2, 0.25) is 0 Å². The molecule has 5 nitrogen and oxygen atoms in total. The molecule has 0 aliphatic heterocycles. The molecule has 0 atom stereocenters. The van der Waals surface area contributed by atoms with E-state index >= 15 is 0 Å². The molecule has 0 heterocycles. The number of benzene rings is 2. The number of halogens is 2. The molecular weight excluding hydrogens is 371 g/mol. The van der Waals surface area contributed by atoms with Crippen molar-refractivity contribution in [2.45, 2.75) is 6.61 Å². The highest BCUT2D eigenvalue weighted by atomic mass is 35.5. The molecule has 0 bridgehead atoms. The lowest BCUT2D eigenvalue weighted by molar-refractivity contribution is -0.124. The quantitative estimate of drug-likeness (QED) is 0.553. The smallest absolute Gasteiger partial charge is 0.264 e. The van der Waals surface area contributed by atoms with Crippen LogP contribution in [0, 0.1) is 17.1 Å². The van der Waals surface area contributed by atoms with Crippen molar-refractivity contribution in [3.8, 4) is 17.6 Å². The molecule has 0 radical (unpaired) electrons. The fraction of sp³-hybridized carbons (Fsp3) is 0.200. The zero-order valence-corrected chi connectivity index (χ0v) is 15.9. The van der Waals surface area contributed by atoms with Crippen LogP contribution in [-0.2, 0) is 11.4 Å². The third kappa shape index (κ3) is 5.22. The second-order valence-corrected chi connectivity index (χ2v) is 6.23. The van der Waals surface area contributed by atoms with Gasteiger partial charge in [0.1, 0.15) is 24.1 Å². The summed E-state index contributed by atoms with van der Waals surface area (Å²) in [5, 5.41) is 9.47. The van der Waals surface area contributed by atoms with E-state index in [1.807, 2.05) is 6.07 Å². The molecule has 0 N–H and O–H groups in total. The topological polar surface area (TPSA) is 62.6 Å². The molecule has 140 valence electrons. The van der Waals surface area contributed by atoms with E-state index in [2.05, 4.69) is 0 Å². The van der Waals surface area contributed by atoms with E-state index in [-0.39, 0.29) is 23.0 Å². The maximum atomic E-state index is 13.0. The molecule has 2 aromatic rings. The molecule has 2 rings (SSSR count). The average Bonchev–Trinajstić information content (AvgIpc) is 2.65. The molecule has 0 fully saturated rings. The number of nitriles is 1. The zero-order chi connectivity index (χ0) is 20.0. The van der Waals surface area contributed by atoms with Gasteiger partial charge >= 0.3 is 0 Å². The van der Waals surface area contributed by atoms with Crippen molar-refractivity contribution < 1.29 is 18.7 Å². The Labute approximate surface area is 162 Å². The van der Waals surface area contributed by atoms with Crippen molar-refractivity contribution >= 4 is 23.6 Å². The molecular formula is C20H18ClFN2O3. The van der Waals surface area contributed by atoms with E-state index < -0.39 is 5.91 Å². The molecule has 2 aromatic carbocycles. The first-order valence-corrected chi connectivity index (χ1v) is 8.31. The standard InChI is InChI=1S/C20H18ClFN2O3/c1-24(2)20(25)15(11-23)8-14-9-17(21)19(18(10-14)26-3)27-12-13-4-6-16(22)7-5-13/h4-10H,12H2,1-3H3/b15-8-. The van der Waals surface area contributed by atoms with Crippen molar-refractivity contribution in [1.82, 2.24) is 4.90 Å². The van der Waals surface area contributed by atoms with Gasteiger partial charge in [-0.25, -0.2) is 4.39 Å². The normalized spacial score (nSPS) is 10.9. The minimum absolute atomic E-state index is 0.0295. The first kappa shape index (κ1) is 20.3. The van der Waals surface area contributed by atoms with Gasteiger partial charge in [0, 0.05) is 14.1 Å². The number of amides is 1. The number of carbonyl (C=O) groups excluding carboxylic acids is 1. The van der Waals surface area contributed by atoms with E-state index in [1.165, 1.54) is 30.2 Å². The summed E-state index contributed by atoms with van der Waals surface area (Å²) in [7, 11) is 4.58. The minimum Gasteiger partial charge on any atom is -0.493 e. The Morgan fingerprint density at radius 2 is 1.96 bits per heavy atom. The van der Waals surface area contributed by atoms with Gasteiger partial charge in [-0.1, -0.05) is 23.7 Å². The molecule has 0 saturated heterocycles. The fourth-order valence-corrected chi connectivity index (χ4v) is 2.52. The average molecular weight is 389 g/mol. The van der Waals surface area contributed by atoms with Crippen LogP contribution < -0.4 is 9.47 Å². The largest absolute Gasteiger partial charge is 0.493 e. The Bertz CT molecular complexity index is 903. The summed E-state index contributed by atoms with van der Waals surface area (Å²) in [5.41, 5.74) is 1.26. The fourth-order valence-electron chi connectivity index (χ4n) is 2.25. The van der Waals surface area contributed by atoms with Gasteiger partial charge < -0.3 is 14.4 Å². The molecule has 27 heavy (non-hydrogen) atoms. The van der Waals surface area contributed by atoms with Crippen molar-refractivity contribution in [3.05, 3.63) is 63.9 Å². The van der Waals surface area contributed by atoms with Gasteiger partial charge in [0.15, 0.2) is 11.5 Å². The van der Waals surface area contributed by atoms with E-state index in [0.29, 0.717) is 17.1 Å². The lowest BCUT2D eigenvalue weighted by Crippen LogP contribution is -2.22. The third-order valence-electron chi connectivity index (χ3n) is 3.62. The van der Waals surface area contributed by atoms with Crippen LogP contribution in [0.4, 0.5) is 4.39 Å². The predicted molar refractivity (Wildman–Crippen MR) is 101 cm³/mol. The van der Waals surface area contributed by atoms with Crippen LogP contribution in [0.3, 0.4) is 0 Å². The highest BCUT2D eigenvalue weighted by Crippen LogP contribution is 2.37. The maximum Gasteiger partial charge on any atom is 0.264 e. The summed E-state index contributed by atoms with van der Waals surface area (Å²) in [6.07, 6.45) is 1.43. The van der Waals surface area contributed by atoms with Gasteiger partial charge in [-0.3, -0.25) is 4.79 Å². The van der Waals surface area contributed by atoms with Gasteiger partial charge in [-0.15, -0.1) is 0 Å². The first-order chi connectivity index (χ1) is 12.8. The summed E-state index contributed by atoms with van der Waals surface area (Å²) in [6.45, 7) is 0.175. The first-order valence-electron chi connectivity index (χ1n) is 7.94. The van der Waals surface area contributed by atoms with Crippen molar-refractivity contribution in [2.75, 3.05) is 21.2 Å². The van der Waals surface area contributed by atoms with Crippen LogP contribution in [0.25, 0.3) is 6.08 Å². The van der Waals surface area contributed by atoms with E-state index in [9.17, 15) is 14.4 Å². The van der Waals surface area contributed by atoms with E-state index in [0.717, 1.165) is 5.56 Å². The Morgan fingerprint density at radius 1 is 1.30 bits per heavy atom. The Kier molecular flexibility index (Phi) is 6.80. The lowest BCUT2D eigenvalue weighted by atomic mass is 10.1. The van der Waals surface area contributed by atoms with E-state index in [1.54, 1.807) is 38.4 Å². The number of carbonyl (C=O) groups is 1. The summed E-state index contributed by atoms with van der Waals surface area (Å²) in [4.78, 5) is 13.3. The van der Waals surface area contributed by atoms with Crippen molar-refractivity contribution in [2.24, 2.45) is 0 Å². The van der Waals surface area contributed by atoms with Crippen LogP contribution in [0.1, 0.15) is 11.1 Å². The molecule has 0 unspecified atom stereocenters. The Balaban J connectivity index is 2.30. The van der Waals surface area contributed by atoms with Crippen LogP contribution in [0.5, 0.6) is 11.5 Å². The Hall–Kier alpha value is -3.04. The van der Waals surface area contributed by atoms with Crippen LogP contribution in [0.2, 0.25) is 5.02 Å². The summed E-state index contributed by atoms with van der Waals surface area (Å²) in [6, 6.07) is 11.0. The minimum atomic E-state index is -0.413. The van der Waals surface area contributed by atoms with Crippen LogP contribution in [0.15, 0.2) is 42.0 Å². The summed E-state index contributed by atoms with van der Waals surface area (Å²) >= 11 is 6.30. The number of likely N-dealkylation sites (N-methyl/N-ethyl adjacent to an activating group) is 1. The van der Waals surface area contributed by atoms with Gasteiger partial charge in [-0.2, -0.15) is 5.26 Å². The second kappa shape index (κ2) is 9.06. The SMILES string of the molecule is COc1cc(/C=C(/C#N)C(=O)N(C)C)cc(Cl)c1OCc1ccc(F)cc1. The molecule has 7 heteroatoms.